The highest BCUT2D eigenvalue weighted by molar-refractivity contribution is 7.87. The molecule has 0 saturated heterocycles. The number of rotatable bonds is 7. The van der Waals surface area contributed by atoms with E-state index in [4.69, 9.17) is 32.1 Å². The van der Waals surface area contributed by atoms with Crippen molar-refractivity contribution in [1.82, 2.24) is 0 Å². The van der Waals surface area contributed by atoms with Gasteiger partial charge in [-0.25, -0.2) is 0 Å². The Bertz CT molecular complexity index is 1400. The second-order valence-electron chi connectivity index (χ2n) is 7.33. The second kappa shape index (κ2) is 10.3. The normalized spacial score (nSPS) is 11.5. The van der Waals surface area contributed by atoms with E-state index in [0.717, 1.165) is 11.3 Å². The minimum Gasteiger partial charge on any atom is -0.457 e. The number of hydrogen-bond acceptors (Lipinski definition) is 5. The monoisotopic (exact) mass is 511 g/mol. The number of aryl methyl sites for hydroxylation is 1. The van der Waals surface area contributed by atoms with Gasteiger partial charge in [-0.05, 0) is 73.2 Å². The number of halogens is 2. The minimum absolute atomic E-state index is 0.00978. The molecule has 0 heterocycles. The zero-order chi connectivity index (χ0) is 24.1. The fourth-order valence-electron chi connectivity index (χ4n) is 2.97. The molecule has 0 unspecified atom stereocenters. The highest BCUT2D eigenvalue weighted by Gasteiger charge is 2.21. The molecule has 8 heteroatoms. The van der Waals surface area contributed by atoms with Gasteiger partial charge >= 0.3 is 10.1 Å². The van der Waals surface area contributed by atoms with Gasteiger partial charge < -0.3 is 8.92 Å². The van der Waals surface area contributed by atoms with Gasteiger partial charge in [-0.2, -0.15) is 8.42 Å². The lowest BCUT2D eigenvalue weighted by Crippen LogP contribution is -2.10. The van der Waals surface area contributed by atoms with Crippen LogP contribution in [0.25, 0.3) is 0 Å². The topological polar surface area (TPSA) is 65.0 Å². The van der Waals surface area contributed by atoms with Gasteiger partial charge in [-0.3, -0.25) is 4.99 Å². The number of aliphatic imine (C=N–C) groups is 1. The highest BCUT2D eigenvalue weighted by Crippen LogP contribution is 2.36. The molecular formula is C26H19Cl2NO4S. The van der Waals surface area contributed by atoms with Crippen molar-refractivity contribution in [3.05, 3.63) is 112 Å². The van der Waals surface area contributed by atoms with Crippen LogP contribution in [0.1, 0.15) is 11.1 Å². The summed E-state index contributed by atoms with van der Waals surface area (Å²) in [6, 6.07) is 26.1. The molecule has 5 nitrogen and oxygen atoms in total. The first-order valence-corrected chi connectivity index (χ1v) is 12.3. The molecule has 0 fully saturated rings. The molecule has 0 radical (unpaired) electrons. The quantitative estimate of drug-likeness (QED) is 0.189. The molecule has 0 N–H and O–H groups in total. The van der Waals surface area contributed by atoms with Gasteiger partial charge in [0.15, 0.2) is 5.75 Å². The zero-order valence-corrected chi connectivity index (χ0v) is 20.3. The smallest absolute Gasteiger partial charge is 0.339 e. The molecule has 172 valence electrons. The van der Waals surface area contributed by atoms with Crippen molar-refractivity contribution < 1.29 is 17.3 Å². The van der Waals surface area contributed by atoms with Crippen LogP contribution >= 0.6 is 23.2 Å². The van der Waals surface area contributed by atoms with Crippen molar-refractivity contribution >= 4 is 45.2 Å². The number of hydrogen-bond donors (Lipinski definition) is 0. The third kappa shape index (κ3) is 5.97. The molecule has 0 amide bonds. The maximum absolute atomic E-state index is 12.6. The first-order valence-electron chi connectivity index (χ1n) is 10.2. The van der Waals surface area contributed by atoms with E-state index in [-0.39, 0.29) is 20.7 Å². The number of para-hydroxylation sites is 1. The lowest BCUT2D eigenvalue weighted by molar-refractivity contribution is 0.482. The summed E-state index contributed by atoms with van der Waals surface area (Å²) in [7, 11) is -4.08. The lowest BCUT2D eigenvalue weighted by Gasteiger charge is -2.11. The first kappa shape index (κ1) is 23.8. The Morgan fingerprint density at radius 2 is 1.38 bits per heavy atom. The second-order valence-corrected chi connectivity index (χ2v) is 9.69. The summed E-state index contributed by atoms with van der Waals surface area (Å²) in [5.41, 5.74) is 2.20. The Balaban J connectivity index is 1.48. The fraction of sp³-hybridized carbons (Fsp3) is 0.0385. The van der Waals surface area contributed by atoms with E-state index in [1.54, 1.807) is 18.3 Å². The van der Waals surface area contributed by atoms with Crippen LogP contribution in [0.2, 0.25) is 10.0 Å². The van der Waals surface area contributed by atoms with Gasteiger partial charge in [0.2, 0.25) is 0 Å². The van der Waals surface area contributed by atoms with Crippen molar-refractivity contribution in [3.63, 3.8) is 0 Å². The predicted octanol–water partition coefficient (Wildman–Crippen LogP) is 7.61. The molecule has 0 aromatic heterocycles. The molecule has 0 aliphatic carbocycles. The Morgan fingerprint density at radius 3 is 2.00 bits per heavy atom. The van der Waals surface area contributed by atoms with Gasteiger partial charge in [0.25, 0.3) is 0 Å². The lowest BCUT2D eigenvalue weighted by atomic mass is 10.2. The Morgan fingerprint density at radius 1 is 0.794 bits per heavy atom. The van der Waals surface area contributed by atoms with E-state index in [9.17, 15) is 8.42 Å². The van der Waals surface area contributed by atoms with Crippen LogP contribution in [0.15, 0.2) is 101 Å². The molecule has 34 heavy (non-hydrogen) atoms. The van der Waals surface area contributed by atoms with Gasteiger partial charge in [0.05, 0.1) is 15.7 Å². The summed E-state index contributed by atoms with van der Waals surface area (Å²) in [6.07, 6.45) is 1.57. The Kier molecular flexibility index (Phi) is 7.22. The van der Waals surface area contributed by atoms with Gasteiger partial charge in [-0.15, -0.1) is 0 Å². The summed E-state index contributed by atoms with van der Waals surface area (Å²) in [4.78, 5) is 4.42. The van der Waals surface area contributed by atoms with Crippen molar-refractivity contribution in [2.45, 2.75) is 11.8 Å². The molecule has 0 bridgehead atoms. The molecule has 4 aromatic carbocycles. The molecule has 0 aliphatic heterocycles. The largest absolute Gasteiger partial charge is 0.457 e. The van der Waals surface area contributed by atoms with Crippen LogP contribution < -0.4 is 8.92 Å². The van der Waals surface area contributed by atoms with E-state index in [2.05, 4.69) is 4.99 Å². The van der Waals surface area contributed by atoms with E-state index in [1.165, 1.54) is 24.3 Å². The zero-order valence-electron chi connectivity index (χ0n) is 18.0. The van der Waals surface area contributed by atoms with Crippen molar-refractivity contribution in [2.24, 2.45) is 4.99 Å². The number of benzene rings is 4. The van der Waals surface area contributed by atoms with Crippen molar-refractivity contribution in [2.75, 3.05) is 0 Å². The summed E-state index contributed by atoms with van der Waals surface area (Å²) in [5, 5.41) is 0.104. The maximum Gasteiger partial charge on any atom is 0.339 e. The number of ether oxygens (including phenoxy) is 1. The fourth-order valence-corrected chi connectivity index (χ4v) is 4.61. The standard InChI is InChI=1S/C26H19Cl2NO4S/c1-18-7-13-23(14-8-18)34(30,31)33-26-24(27)15-19(16-25(26)28)17-29-20-9-11-22(12-10-20)32-21-5-3-2-4-6-21/h2-17H,1H3. The van der Waals surface area contributed by atoms with E-state index >= 15 is 0 Å². The maximum atomic E-state index is 12.6. The predicted molar refractivity (Wildman–Crippen MR) is 136 cm³/mol. The van der Waals surface area contributed by atoms with Crippen LogP contribution in [0.5, 0.6) is 17.2 Å². The minimum atomic E-state index is -4.08. The van der Waals surface area contributed by atoms with E-state index in [0.29, 0.717) is 17.0 Å². The van der Waals surface area contributed by atoms with Crippen LogP contribution in [0.4, 0.5) is 5.69 Å². The Hall–Kier alpha value is -3.32. The average Bonchev–Trinajstić information content (AvgIpc) is 2.82. The summed E-state index contributed by atoms with van der Waals surface area (Å²) >= 11 is 12.6. The highest BCUT2D eigenvalue weighted by atomic mass is 35.5. The van der Waals surface area contributed by atoms with Crippen LogP contribution in [0.3, 0.4) is 0 Å². The van der Waals surface area contributed by atoms with Crippen LogP contribution in [-0.2, 0) is 10.1 Å². The molecule has 0 spiro atoms. The summed E-state index contributed by atoms with van der Waals surface area (Å²) in [5.74, 6) is 1.30. The first-order chi connectivity index (χ1) is 16.3. The third-order valence-electron chi connectivity index (χ3n) is 4.70. The molecule has 0 saturated carbocycles. The molecule has 4 rings (SSSR count). The van der Waals surface area contributed by atoms with Crippen LogP contribution in [0, 0.1) is 6.92 Å². The van der Waals surface area contributed by atoms with Crippen molar-refractivity contribution in [3.8, 4) is 17.2 Å². The summed E-state index contributed by atoms with van der Waals surface area (Å²) in [6.45, 7) is 1.86. The Labute approximate surface area is 208 Å². The molecule has 0 aliphatic rings. The molecule has 4 aromatic rings. The third-order valence-corrected chi connectivity index (χ3v) is 6.50. The van der Waals surface area contributed by atoms with Crippen LogP contribution in [-0.4, -0.2) is 14.6 Å². The van der Waals surface area contributed by atoms with E-state index in [1.807, 2.05) is 61.5 Å². The summed E-state index contributed by atoms with van der Waals surface area (Å²) < 4.78 is 36.1. The SMILES string of the molecule is Cc1ccc(S(=O)(=O)Oc2c(Cl)cc(C=Nc3ccc(Oc4ccccc4)cc3)cc2Cl)cc1. The van der Waals surface area contributed by atoms with Crippen molar-refractivity contribution in [1.29, 1.82) is 0 Å². The number of nitrogens with zero attached hydrogens (tertiary/aromatic N) is 1. The van der Waals surface area contributed by atoms with Gasteiger partial charge in [-0.1, -0.05) is 59.1 Å². The molecular weight excluding hydrogens is 493 g/mol. The van der Waals surface area contributed by atoms with Gasteiger partial charge in [0, 0.05) is 6.21 Å². The average molecular weight is 512 g/mol. The van der Waals surface area contributed by atoms with Gasteiger partial charge in [0.1, 0.15) is 16.4 Å². The molecule has 0 atom stereocenters. The van der Waals surface area contributed by atoms with E-state index < -0.39 is 10.1 Å².